The highest BCUT2D eigenvalue weighted by Crippen LogP contribution is 2.24. The molecule has 1 aromatic heterocycles. The van der Waals surface area contributed by atoms with Crippen molar-refractivity contribution in [3.05, 3.63) is 69.5 Å². The number of carbonyl (C=O) groups is 1. The highest BCUT2D eigenvalue weighted by atomic mass is 35.5. The summed E-state index contributed by atoms with van der Waals surface area (Å²) in [5.74, 6) is 1.28. The highest BCUT2D eigenvalue weighted by Gasteiger charge is 2.17. The average molecular weight is 435 g/mol. The maximum absolute atomic E-state index is 12.6. The first-order valence-electron chi connectivity index (χ1n) is 8.87. The number of nitrogens with zero attached hydrogens (tertiary/aromatic N) is 3. The van der Waals surface area contributed by atoms with Gasteiger partial charge in [0.05, 0.1) is 17.1 Å². The van der Waals surface area contributed by atoms with Gasteiger partial charge in [0.2, 0.25) is 0 Å². The third-order valence-electron chi connectivity index (χ3n) is 3.98. The summed E-state index contributed by atoms with van der Waals surface area (Å²) in [4.78, 5) is 12.6. The molecule has 0 spiro atoms. The van der Waals surface area contributed by atoms with Crippen molar-refractivity contribution in [2.75, 3.05) is 5.75 Å². The van der Waals surface area contributed by atoms with Crippen LogP contribution < -0.4 is 5.32 Å². The van der Waals surface area contributed by atoms with Crippen LogP contribution in [0.4, 0.5) is 0 Å². The monoisotopic (exact) mass is 434 g/mol. The molecule has 0 saturated carbocycles. The number of benzene rings is 2. The maximum Gasteiger partial charge on any atom is 0.253 e. The van der Waals surface area contributed by atoms with Gasteiger partial charge in [0.15, 0.2) is 11.0 Å². The number of aromatic nitrogens is 3. The fourth-order valence-corrected chi connectivity index (χ4v) is 3.85. The second kappa shape index (κ2) is 9.45. The van der Waals surface area contributed by atoms with Crippen molar-refractivity contribution in [3.8, 4) is 5.69 Å². The molecule has 3 rings (SSSR count). The van der Waals surface area contributed by atoms with Gasteiger partial charge >= 0.3 is 0 Å². The van der Waals surface area contributed by atoms with Gasteiger partial charge in [-0.05, 0) is 49.2 Å². The van der Waals surface area contributed by atoms with Crippen LogP contribution in [0, 0.1) is 6.92 Å². The standard InChI is InChI=1S/C20H20Cl2N4OS/c1-3-9-28-20-25-24-18(26(20)15-6-4-5-13(2)10-15)12-23-19(27)16-11-14(21)7-8-17(16)22/h4-8,10-11H,3,9,12H2,1-2H3,(H,23,27). The molecule has 2 aromatic carbocycles. The van der Waals surface area contributed by atoms with Crippen molar-refractivity contribution in [2.45, 2.75) is 32.0 Å². The fourth-order valence-electron chi connectivity index (χ4n) is 2.65. The lowest BCUT2D eigenvalue weighted by Crippen LogP contribution is -2.25. The first kappa shape index (κ1) is 20.7. The second-order valence-electron chi connectivity index (χ2n) is 6.23. The number of amides is 1. The Kier molecular flexibility index (Phi) is 6.99. The molecule has 0 unspecified atom stereocenters. The van der Waals surface area contributed by atoms with Crippen LogP contribution in [-0.2, 0) is 6.54 Å². The Hall–Kier alpha value is -2.02. The molecule has 1 heterocycles. The van der Waals surface area contributed by atoms with Gasteiger partial charge in [-0.25, -0.2) is 0 Å². The molecule has 3 aromatic rings. The van der Waals surface area contributed by atoms with Crippen LogP contribution in [0.15, 0.2) is 47.6 Å². The topological polar surface area (TPSA) is 59.8 Å². The molecule has 0 atom stereocenters. The second-order valence-corrected chi connectivity index (χ2v) is 8.13. The van der Waals surface area contributed by atoms with Crippen LogP contribution in [0.25, 0.3) is 5.69 Å². The molecule has 8 heteroatoms. The predicted molar refractivity (Wildman–Crippen MR) is 115 cm³/mol. The number of nitrogens with one attached hydrogen (secondary N) is 1. The van der Waals surface area contributed by atoms with E-state index in [1.807, 2.05) is 29.7 Å². The molecule has 146 valence electrons. The van der Waals surface area contributed by atoms with Crippen molar-refractivity contribution in [1.82, 2.24) is 20.1 Å². The zero-order valence-electron chi connectivity index (χ0n) is 15.6. The lowest BCUT2D eigenvalue weighted by Gasteiger charge is -2.12. The molecule has 1 N–H and O–H groups in total. The maximum atomic E-state index is 12.6. The van der Waals surface area contributed by atoms with Crippen molar-refractivity contribution in [1.29, 1.82) is 0 Å². The number of thioether (sulfide) groups is 1. The fraction of sp³-hybridized carbons (Fsp3) is 0.250. The number of rotatable bonds is 7. The van der Waals surface area contributed by atoms with E-state index in [2.05, 4.69) is 28.5 Å². The Labute approximate surface area is 178 Å². The predicted octanol–water partition coefficient (Wildman–Crippen LogP) is 5.31. The lowest BCUT2D eigenvalue weighted by atomic mass is 10.2. The summed E-state index contributed by atoms with van der Waals surface area (Å²) in [5, 5.41) is 13.1. The summed E-state index contributed by atoms with van der Waals surface area (Å²) in [7, 11) is 0. The van der Waals surface area contributed by atoms with Crippen molar-refractivity contribution in [3.63, 3.8) is 0 Å². The van der Waals surface area contributed by atoms with Gasteiger partial charge in [0, 0.05) is 16.5 Å². The molecule has 0 aliphatic carbocycles. The van der Waals surface area contributed by atoms with Crippen LogP contribution in [0.5, 0.6) is 0 Å². The summed E-state index contributed by atoms with van der Waals surface area (Å²) in [6.45, 7) is 4.38. The van der Waals surface area contributed by atoms with E-state index in [0.717, 1.165) is 28.6 Å². The van der Waals surface area contributed by atoms with Crippen molar-refractivity contribution in [2.24, 2.45) is 0 Å². The molecule has 28 heavy (non-hydrogen) atoms. The Morgan fingerprint density at radius 3 is 2.75 bits per heavy atom. The van der Waals surface area contributed by atoms with E-state index >= 15 is 0 Å². The van der Waals surface area contributed by atoms with Gasteiger partial charge in [-0.1, -0.05) is 54.0 Å². The number of aryl methyl sites for hydroxylation is 1. The van der Waals surface area contributed by atoms with E-state index < -0.39 is 0 Å². The Morgan fingerprint density at radius 1 is 1.18 bits per heavy atom. The van der Waals surface area contributed by atoms with Gasteiger partial charge in [0.1, 0.15) is 0 Å². The van der Waals surface area contributed by atoms with Crippen LogP contribution in [0.3, 0.4) is 0 Å². The molecule has 0 aliphatic rings. The van der Waals surface area contributed by atoms with E-state index in [-0.39, 0.29) is 12.5 Å². The third-order valence-corrected chi connectivity index (χ3v) is 5.68. The molecule has 5 nitrogen and oxygen atoms in total. The van der Waals surface area contributed by atoms with Gasteiger partial charge < -0.3 is 5.32 Å². The van der Waals surface area contributed by atoms with Crippen LogP contribution >= 0.6 is 35.0 Å². The summed E-state index contributed by atoms with van der Waals surface area (Å²) in [6, 6.07) is 12.9. The summed E-state index contributed by atoms with van der Waals surface area (Å²) in [5.41, 5.74) is 2.43. The normalized spacial score (nSPS) is 10.9. The SMILES string of the molecule is CCCSc1nnc(CNC(=O)c2cc(Cl)ccc2Cl)n1-c1cccc(C)c1. The van der Waals surface area contributed by atoms with E-state index in [0.29, 0.717) is 21.4 Å². The minimum atomic E-state index is -0.311. The third kappa shape index (κ3) is 4.87. The Bertz CT molecular complexity index is 990. The molecule has 0 aliphatic heterocycles. The van der Waals surface area contributed by atoms with Gasteiger partial charge in [-0.15, -0.1) is 10.2 Å². The largest absolute Gasteiger partial charge is 0.345 e. The Morgan fingerprint density at radius 2 is 2.00 bits per heavy atom. The minimum absolute atomic E-state index is 0.218. The number of hydrogen-bond donors (Lipinski definition) is 1. The molecule has 0 radical (unpaired) electrons. The first-order chi connectivity index (χ1) is 13.5. The molecule has 0 saturated heterocycles. The number of halogens is 2. The van der Waals surface area contributed by atoms with Gasteiger partial charge in [0.25, 0.3) is 5.91 Å². The van der Waals surface area contributed by atoms with Crippen LogP contribution in [0.2, 0.25) is 10.0 Å². The van der Waals surface area contributed by atoms with Crippen LogP contribution in [-0.4, -0.2) is 26.4 Å². The van der Waals surface area contributed by atoms with E-state index in [1.54, 1.807) is 30.0 Å². The molecular weight excluding hydrogens is 415 g/mol. The van der Waals surface area contributed by atoms with E-state index in [1.165, 1.54) is 0 Å². The van der Waals surface area contributed by atoms with Crippen LogP contribution in [0.1, 0.15) is 35.1 Å². The summed E-state index contributed by atoms with van der Waals surface area (Å²) in [6.07, 6.45) is 1.03. The minimum Gasteiger partial charge on any atom is -0.345 e. The zero-order valence-corrected chi connectivity index (χ0v) is 17.9. The summed E-state index contributed by atoms with van der Waals surface area (Å²) >= 11 is 13.7. The van der Waals surface area contributed by atoms with E-state index in [4.69, 9.17) is 23.2 Å². The first-order valence-corrected chi connectivity index (χ1v) is 10.6. The average Bonchev–Trinajstić information content (AvgIpc) is 3.09. The number of hydrogen-bond acceptors (Lipinski definition) is 4. The molecule has 0 bridgehead atoms. The highest BCUT2D eigenvalue weighted by molar-refractivity contribution is 7.99. The lowest BCUT2D eigenvalue weighted by molar-refractivity contribution is 0.0950. The molecule has 0 fully saturated rings. The Balaban J connectivity index is 1.86. The van der Waals surface area contributed by atoms with Gasteiger partial charge in [-0.3, -0.25) is 9.36 Å². The molecule has 1 amide bonds. The quantitative estimate of drug-likeness (QED) is 0.511. The summed E-state index contributed by atoms with van der Waals surface area (Å²) < 4.78 is 1.98. The van der Waals surface area contributed by atoms with Crippen molar-refractivity contribution >= 4 is 40.9 Å². The van der Waals surface area contributed by atoms with Crippen molar-refractivity contribution < 1.29 is 4.79 Å². The zero-order chi connectivity index (χ0) is 20.1. The van der Waals surface area contributed by atoms with E-state index in [9.17, 15) is 4.79 Å². The van der Waals surface area contributed by atoms with Gasteiger partial charge in [-0.2, -0.15) is 0 Å². The number of carbonyl (C=O) groups excluding carboxylic acids is 1. The molecular formula is C20H20Cl2N4OS. The smallest absolute Gasteiger partial charge is 0.253 e.